The van der Waals surface area contributed by atoms with Crippen LogP contribution in [0.15, 0.2) is 92.7 Å². The highest BCUT2D eigenvalue weighted by molar-refractivity contribution is 7.98. The maximum atomic E-state index is 13.9. The number of hydrogen-bond acceptors (Lipinski definition) is 7. The molecule has 10 heteroatoms. The zero-order valence-corrected chi connectivity index (χ0v) is 25.7. The molecule has 0 bridgehead atoms. The van der Waals surface area contributed by atoms with Gasteiger partial charge in [-0.1, -0.05) is 64.9 Å². The van der Waals surface area contributed by atoms with E-state index in [-0.39, 0.29) is 18.8 Å². The number of aromatic nitrogens is 1. The summed E-state index contributed by atoms with van der Waals surface area (Å²) in [7, 11) is 0. The first kappa shape index (κ1) is 29.2. The van der Waals surface area contributed by atoms with Crippen LogP contribution in [0.2, 0.25) is 10.0 Å². The monoisotopic (exact) mass is 624 g/mol. The van der Waals surface area contributed by atoms with Crippen LogP contribution >= 0.6 is 46.3 Å². The van der Waals surface area contributed by atoms with Crippen molar-refractivity contribution in [3.05, 3.63) is 124 Å². The van der Waals surface area contributed by atoms with Crippen molar-refractivity contribution in [3.8, 4) is 5.75 Å². The minimum atomic E-state index is -0.651. The Morgan fingerprint density at radius 3 is 2.61 bits per heavy atom. The van der Waals surface area contributed by atoms with Crippen LogP contribution in [-0.2, 0) is 16.1 Å². The first-order chi connectivity index (χ1) is 19.8. The van der Waals surface area contributed by atoms with Crippen molar-refractivity contribution in [1.82, 2.24) is 4.57 Å². The summed E-state index contributed by atoms with van der Waals surface area (Å²) < 4.78 is 13.4. The molecule has 1 aliphatic heterocycles. The summed E-state index contributed by atoms with van der Waals surface area (Å²) in [6, 6.07) is 19.9. The smallest absolute Gasteiger partial charge is 0.338 e. The highest BCUT2D eigenvalue weighted by atomic mass is 35.5. The number of thiazole rings is 1. The molecular weight excluding hydrogens is 599 g/mol. The van der Waals surface area contributed by atoms with E-state index in [0.717, 1.165) is 21.6 Å². The molecule has 0 fully saturated rings. The molecule has 0 N–H and O–H groups in total. The zero-order chi connectivity index (χ0) is 29.1. The normalized spacial score (nSPS) is 15.0. The van der Waals surface area contributed by atoms with Gasteiger partial charge in [-0.2, -0.15) is 0 Å². The van der Waals surface area contributed by atoms with Gasteiger partial charge in [0.1, 0.15) is 12.4 Å². The van der Waals surface area contributed by atoms with Crippen LogP contribution in [0.3, 0.4) is 0 Å². The fourth-order valence-electron chi connectivity index (χ4n) is 4.54. The fourth-order valence-corrected chi connectivity index (χ4v) is 6.46. The Labute approximate surface area is 255 Å². The highest BCUT2D eigenvalue weighted by Gasteiger charge is 2.33. The molecule has 1 aromatic heterocycles. The van der Waals surface area contributed by atoms with Gasteiger partial charge in [-0.25, -0.2) is 9.79 Å². The van der Waals surface area contributed by atoms with E-state index in [2.05, 4.69) is 4.99 Å². The van der Waals surface area contributed by atoms with Crippen LogP contribution in [0.5, 0.6) is 5.75 Å². The van der Waals surface area contributed by atoms with Crippen molar-refractivity contribution >= 4 is 58.3 Å². The lowest BCUT2D eigenvalue weighted by molar-refractivity contribution is -0.139. The third-order valence-electron chi connectivity index (χ3n) is 6.51. The third kappa shape index (κ3) is 6.31. The van der Waals surface area contributed by atoms with E-state index in [1.54, 1.807) is 42.3 Å². The number of hydrogen-bond donors (Lipinski definition) is 0. The second kappa shape index (κ2) is 12.7. The molecule has 0 saturated carbocycles. The Balaban J connectivity index is 1.53. The maximum absolute atomic E-state index is 13.9. The Morgan fingerprint density at radius 1 is 1.12 bits per heavy atom. The lowest BCUT2D eigenvalue weighted by Gasteiger charge is -2.24. The number of carbonyl (C=O) groups excluding carboxylic acids is 1. The van der Waals surface area contributed by atoms with Gasteiger partial charge in [-0.05, 0) is 73.7 Å². The van der Waals surface area contributed by atoms with Crippen molar-refractivity contribution in [1.29, 1.82) is 0 Å². The average Bonchev–Trinajstić information content (AvgIpc) is 3.26. The standard InChI is InChI=1S/C31H26Cl2N2O4S2/c1-4-38-30(37)27-18(2)34-31-35(28(27)20-9-12-24(40-3)13-10-20)29(36)26(41-31)15-19-6-5-7-23(14-19)39-17-21-8-11-22(32)16-25(21)33/h5-16,28H,4,17H2,1-3H3/b26-15-/t28-/m0/s1. The molecule has 1 atom stereocenters. The molecule has 0 spiro atoms. The van der Waals surface area contributed by atoms with E-state index in [1.165, 1.54) is 11.3 Å². The van der Waals surface area contributed by atoms with Gasteiger partial charge in [-0.3, -0.25) is 9.36 Å². The molecule has 0 amide bonds. The topological polar surface area (TPSA) is 69.9 Å². The number of benzene rings is 3. The van der Waals surface area contributed by atoms with Crippen LogP contribution in [0.4, 0.5) is 0 Å². The molecule has 5 rings (SSSR count). The second-order valence-electron chi connectivity index (χ2n) is 9.17. The average molecular weight is 626 g/mol. The Bertz CT molecular complexity index is 1830. The second-order valence-corrected chi connectivity index (χ2v) is 11.9. The van der Waals surface area contributed by atoms with Gasteiger partial charge in [0.05, 0.1) is 28.5 Å². The van der Waals surface area contributed by atoms with E-state index in [1.807, 2.05) is 66.9 Å². The molecule has 0 saturated heterocycles. The zero-order valence-electron chi connectivity index (χ0n) is 22.5. The van der Waals surface area contributed by atoms with Gasteiger partial charge in [-0.15, -0.1) is 11.8 Å². The molecule has 0 radical (unpaired) electrons. The number of carbonyl (C=O) groups is 1. The number of nitrogens with zero attached hydrogens (tertiary/aromatic N) is 2. The van der Waals surface area contributed by atoms with Crippen molar-refractivity contribution in [2.45, 2.75) is 31.4 Å². The van der Waals surface area contributed by atoms with Crippen LogP contribution in [0.1, 0.15) is 36.6 Å². The third-order valence-corrected chi connectivity index (χ3v) is 8.83. The lowest BCUT2D eigenvalue weighted by atomic mass is 9.96. The minimum Gasteiger partial charge on any atom is -0.489 e. The number of rotatable bonds is 8. The predicted octanol–water partition coefficient (Wildman–Crippen LogP) is 6.41. The highest BCUT2D eigenvalue weighted by Crippen LogP contribution is 2.32. The molecule has 3 aromatic carbocycles. The van der Waals surface area contributed by atoms with Crippen molar-refractivity contribution in [2.24, 2.45) is 4.99 Å². The number of halogens is 2. The molecule has 210 valence electrons. The van der Waals surface area contributed by atoms with Crippen molar-refractivity contribution in [2.75, 3.05) is 12.9 Å². The van der Waals surface area contributed by atoms with Gasteiger partial charge in [0.25, 0.3) is 5.56 Å². The van der Waals surface area contributed by atoms with Gasteiger partial charge >= 0.3 is 5.97 Å². The molecule has 0 aliphatic carbocycles. The van der Waals surface area contributed by atoms with E-state index >= 15 is 0 Å². The van der Waals surface area contributed by atoms with E-state index in [4.69, 9.17) is 32.7 Å². The number of esters is 1. The van der Waals surface area contributed by atoms with Crippen LogP contribution in [-0.4, -0.2) is 23.4 Å². The van der Waals surface area contributed by atoms with Gasteiger partial charge in [0, 0.05) is 20.5 Å². The van der Waals surface area contributed by atoms with Crippen LogP contribution in [0.25, 0.3) is 6.08 Å². The Hall–Kier alpha value is -3.30. The summed E-state index contributed by atoms with van der Waals surface area (Å²) in [5, 5.41) is 1.09. The quantitative estimate of drug-likeness (QED) is 0.167. The van der Waals surface area contributed by atoms with Crippen molar-refractivity contribution in [3.63, 3.8) is 0 Å². The number of ether oxygens (including phenoxy) is 2. The maximum Gasteiger partial charge on any atom is 0.338 e. The number of fused-ring (bicyclic) bond motifs is 1. The summed E-state index contributed by atoms with van der Waals surface area (Å²) in [4.78, 5) is 33.2. The van der Waals surface area contributed by atoms with Gasteiger partial charge in [0.2, 0.25) is 0 Å². The largest absolute Gasteiger partial charge is 0.489 e. The van der Waals surface area contributed by atoms with Crippen LogP contribution < -0.4 is 19.6 Å². The van der Waals surface area contributed by atoms with Crippen molar-refractivity contribution < 1.29 is 14.3 Å². The summed E-state index contributed by atoms with van der Waals surface area (Å²) in [6.45, 7) is 4.03. The summed E-state index contributed by atoms with van der Waals surface area (Å²) in [5.41, 5.74) is 3.07. The first-order valence-corrected chi connectivity index (χ1v) is 15.6. The molecule has 1 aliphatic rings. The summed E-state index contributed by atoms with van der Waals surface area (Å²) in [5.74, 6) is 0.150. The van der Waals surface area contributed by atoms with Crippen LogP contribution in [0, 0.1) is 0 Å². The summed E-state index contributed by atoms with van der Waals surface area (Å²) in [6.07, 6.45) is 3.81. The van der Waals surface area contributed by atoms with Gasteiger partial charge in [0.15, 0.2) is 4.80 Å². The van der Waals surface area contributed by atoms with E-state index < -0.39 is 12.0 Å². The lowest BCUT2D eigenvalue weighted by Crippen LogP contribution is -2.39. The molecule has 41 heavy (non-hydrogen) atoms. The number of allylic oxidation sites excluding steroid dienone is 1. The predicted molar refractivity (Wildman–Crippen MR) is 166 cm³/mol. The van der Waals surface area contributed by atoms with E-state index in [9.17, 15) is 9.59 Å². The first-order valence-electron chi connectivity index (χ1n) is 12.8. The fraction of sp³-hybridized carbons (Fsp3) is 0.194. The summed E-state index contributed by atoms with van der Waals surface area (Å²) >= 11 is 15.2. The molecule has 0 unspecified atom stereocenters. The number of thioether (sulfide) groups is 1. The minimum absolute atomic E-state index is 0.223. The Kier molecular flexibility index (Phi) is 9.04. The SMILES string of the molecule is CCOC(=O)C1=C(C)N=c2s/c(=C\c3cccc(OCc4ccc(Cl)cc4Cl)c3)c(=O)n2[C@H]1c1ccc(SC)cc1. The van der Waals surface area contributed by atoms with Gasteiger partial charge < -0.3 is 9.47 Å². The Morgan fingerprint density at radius 2 is 1.90 bits per heavy atom. The molecular formula is C31H26Cl2N2O4S2. The van der Waals surface area contributed by atoms with E-state index in [0.29, 0.717) is 36.4 Å². The molecule has 2 heterocycles. The molecule has 4 aromatic rings. The molecule has 6 nitrogen and oxygen atoms in total.